The summed E-state index contributed by atoms with van der Waals surface area (Å²) < 4.78 is 5.76. The van der Waals surface area contributed by atoms with Gasteiger partial charge in [-0.15, -0.1) is 0 Å². The van der Waals surface area contributed by atoms with Crippen LogP contribution in [0.1, 0.15) is 26.7 Å². The Kier molecular flexibility index (Phi) is 4.48. The molecule has 0 saturated carbocycles. The monoisotopic (exact) mass is 249 g/mol. The lowest BCUT2D eigenvalue weighted by atomic mass is 10.1. The molecular formula is C15H23NO2. The van der Waals surface area contributed by atoms with Crippen molar-refractivity contribution >= 4 is 5.69 Å². The Morgan fingerprint density at radius 3 is 2.67 bits per heavy atom. The van der Waals surface area contributed by atoms with E-state index in [1.807, 2.05) is 12.1 Å². The molecule has 1 saturated heterocycles. The largest absolute Gasteiger partial charge is 0.491 e. The van der Waals surface area contributed by atoms with E-state index in [4.69, 9.17) is 9.84 Å². The van der Waals surface area contributed by atoms with E-state index < -0.39 is 0 Å². The van der Waals surface area contributed by atoms with Gasteiger partial charge in [0.15, 0.2) is 0 Å². The summed E-state index contributed by atoms with van der Waals surface area (Å²) in [6.07, 6.45) is 2.37. The first-order valence-electron chi connectivity index (χ1n) is 6.85. The fraction of sp³-hybridized carbons (Fsp3) is 0.600. The van der Waals surface area contributed by atoms with Gasteiger partial charge in [-0.05, 0) is 44.0 Å². The Bertz CT molecular complexity index is 363. The summed E-state index contributed by atoms with van der Waals surface area (Å²) in [5.74, 6) is 1.37. The minimum absolute atomic E-state index is 0.265. The number of anilines is 1. The molecule has 1 aliphatic heterocycles. The Hall–Kier alpha value is -1.22. The van der Waals surface area contributed by atoms with Crippen LogP contribution in [-0.4, -0.2) is 30.9 Å². The van der Waals surface area contributed by atoms with Gasteiger partial charge in [-0.3, -0.25) is 0 Å². The molecule has 0 radical (unpaired) electrons. The van der Waals surface area contributed by atoms with E-state index in [1.165, 1.54) is 5.69 Å². The molecule has 1 N–H and O–H groups in total. The molecule has 0 amide bonds. The smallest absolute Gasteiger partial charge is 0.119 e. The van der Waals surface area contributed by atoms with Crippen molar-refractivity contribution in [2.45, 2.75) is 32.8 Å². The minimum atomic E-state index is 0.265. The Morgan fingerprint density at radius 2 is 2.11 bits per heavy atom. The summed E-state index contributed by atoms with van der Waals surface area (Å²) in [4.78, 5) is 2.33. The van der Waals surface area contributed by atoms with Crippen molar-refractivity contribution in [3.05, 3.63) is 24.3 Å². The molecule has 100 valence electrons. The second-order valence-electron chi connectivity index (χ2n) is 5.11. The third-order valence-electron chi connectivity index (χ3n) is 3.66. The van der Waals surface area contributed by atoms with Gasteiger partial charge in [0, 0.05) is 31.3 Å². The maximum atomic E-state index is 9.15. The van der Waals surface area contributed by atoms with Crippen LogP contribution >= 0.6 is 0 Å². The average molecular weight is 249 g/mol. The lowest BCUT2D eigenvalue weighted by Gasteiger charge is -2.19. The molecule has 1 aliphatic rings. The molecule has 3 nitrogen and oxygen atoms in total. The van der Waals surface area contributed by atoms with Crippen molar-refractivity contribution < 1.29 is 9.84 Å². The van der Waals surface area contributed by atoms with Crippen LogP contribution in [0.25, 0.3) is 0 Å². The number of rotatable bonds is 5. The standard InChI is InChI=1S/C15H23NO2/c1-3-12(2)18-15-6-4-14(5-7-15)16-9-8-13(10-16)11-17/h4-7,12-13,17H,3,8-11H2,1-2H3. The van der Waals surface area contributed by atoms with Crippen LogP contribution in [0.5, 0.6) is 5.75 Å². The van der Waals surface area contributed by atoms with Crippen molar-refractivity contribution in [2.75, 3.05) is 24.6 Å². The molecule has 1 heterocycles. The zero-order chi connectivity index (χ0) is 13.0. The predicted molar refractivity (Wildman–Crippen MR) is 74.2 cm³/mol. The van der Waals surface area contributed by atoms with Gasteiger partial charge in [0.05, 0.1) is 6.10 Å². The van der Waals surface area contributed by atoms with Crippen molar-refractivity contribution in [3.8, 4) is 5.75 Å². The minimum Gasteiger partial charge on any atom is -0.491 e. The maximum absolute atomic E-state index is 9.15. The van der Waals surface area contributed by atoms with Gasteiger partial charge >= 0.3 is 0 Å². The highest BCUT2D eigenvalue weighted by Gasteiger charge is 2.21. The lowest BCUT2D eigenvalue weighted by Crippen LogP contribution is -2.20. The summed E-state index contributed by atoms with van der Waals surface area (Å²) in [6, 6.07) is 8.29. The Morgan fingerprint density at radius 1 is 1.39 bits per heavy atom. The average Bonchev–Trinajstić information content (AvgIpc) is 2.88. The Labute approximate surface area is 109 Å². The van der Waals surface area contributed by atoms with Crippen LogP contribution in [0.2, 0.25) is 0 Å². The first-order chi connectivity index (χ1) is 8.72. The van der Waals surface area contributed by atoms with Crippen LogP contribution in [0.3, 0.4) is 0 Å². The number of hydrogen-bond acceptors (Lipinski definition) is 3. The maximum Gasteiger partial charge on any atom is 0.119 e. The zero-order valence-electron chi connectivity index (χ0n) is 11.3. The van der Waals surface area contributed by atoms with Crippen LogP contribution in [0.15, 0.2) is 24.3 Å². The highest BCUT2D eigenvalue weighted by Crippen LogP contribution is 2.25. The number of aliphatic hydroxyl groups is 1. The fourth-order valence-corrected chi connectivity index (χ4v) is 2.27. The van der Waals surface area contributed by atoms with Gasteiger partial charge in [0.2, 0.25) is 0 Å². The normalized spacial score (nSPS) is 21.1. The molecule has 3 heteroatoms. The molecule has 1 aromatic carbocycles. The van der Waals surface area contributed by atoms with E-state index in [-0.39, 0.29) is 6.10 Å². The zero-order valence-corrected chi connectivity index (χ0v) is 11.3. The van der Waals surface area contributed by atoms with E-state index in [0.717, 1.165) is 31.7 Å². The summed E-state index contributed by atoms with van der Waals surface area (Å²) in [5.41, 5.74) is 1.22. The molecule has 2 atom stereocenters. The number of benzene rings is 1. The second kappa shape index (κ2) is 6.10. The van der Waals surface area contributed by atoms with Crippen LogP contribution < -0.4 is 9.64 Å². The predicted octanol–water partition coefficient (Wildman–Crippen LogP) is 2.68. The van der Waals surface area contributed by atoms with Crippen molar-refractivity contribution in [1.82, 2.24) is 0 Å². The molecular weight excluding hydrogens is 226 g/mol. The van der Waals surface area contributed by atoms with E-state index in [1.54, 1.807) is 0 Å². The van der Waals surface area contributed by atoms with E-state index in [2.05, 4.69) is 30.9 Å². The van der Waals surface area contributed by atoms with Gasteiger partial charge in [-0.1, -0.05) is 6.92 Å². The third-order valence-corrected chi connectivity index (χ3v) is 3.66. The number of aliphatic hydroxyl groups excluding tert-OH is 1. The highest BCUT2D eigenvalue weighted by atomic mass is 16.5. The fourth-order valence-electron chi connectivity index (χ4n) is 2.27. The summed E-state index contributed by atoms with van der Waals surface area (Å²) >= 11 is 0. The molecule has 1 fully saturated rings. The van der Waals surface area contributed by atoms with E-state index >= 15 is 0 Å². The van der Waals surface area contributed by atoms with Crippen LogP contribution in [0.4, 0.5) is 5.69 Å². The molecule has 2 rings (SSSR count). The molecule has 0 bridgehead atoms. The lowest BCUT2D eigenvalue weighted by molar-refractivity contribution is 0.217. The Balaban J connectivity index is 1.95. The summed E-state index contributed by atoms with van der Waals surface area (Å²) in [7, 11) is 0. The van der Waals surface area contributed by atoms with E-state index in [0.29, 0.717) is 12.5 Å². The quantitative estimate of drug-likeness (QED) is 0.871. The van der Waals surface area contributed by atoms with Crippen molar-refractivity contribution in [2.24, 2.45) is 5.92 Å². The molecule has 0 aliphatic carbocycles. The van der Waals surface area contributed by atoms with Crippen LogP contribution in [0, 0.1) is 5.92 Å². The molecule has 0 aromatic heterocycles. The molecule has 0 spiro atoms. The number of nitrogens with zero attached hydrogens (tertiary/aromatic N) is 1. The van der Waals surface area contributed by atoms with Gasteiger partial charge in [0.1, 0.15) is 5.75 Å². The third kappa shape index (κ3) is 3.16. The number of hydrogen-bond donors (Lipinski definition) is 1. The van der Waals surface area contributed by atoms with Gasteiger partial charge in [-0.2, -0.15) is 0 Å². The molecule has 2 unspecified atom stereocenters. The van der Waals surface area contributed by atoms with Gasteiger partial charge in [0.25, 0.3) is 0 Å². The summed E-state index contributed by atoms with van der Waals surface area (Å²) in [6.45, 7) is 6.50. The topological polar surface area (TPSA) is 32.7 Å². The van der Waals surface area contributed by atoms with E-state index in [9.17, 15) is 0 Å². The molecule has 18 heavy (non-hydrogen) atoms. The van der Waals surface area contributed by atoms with Gasteiger partial charge < -0.3 is 14.7 Å². The van der Waals surface area contributed by atoms with Crippen LogP contribution in [-0.2, 0) is 0 Å². The highest BCUT2D eigenvalue weighted by molar-refractivity contribution is 5.49. The van der Waals surface area contributed by atoms with Gasteiger partial charge in [-0.25, -0.2) is 0 Å². The number of ether oxygens (including phenoxy) is 1. The first kappa shape index (κ1) is 13.2. The molecule has 1 aromatic rings. The van der Waals surface area contributed by atoms with Crippen molar-refractivity contribution in [3.63, 3.8) is 0 Å². The summed E-state index contributed by atoms with van der Waals surface area (Å²) in [5, 5.41) is 9.15. The first-order valence-corrected chi connectivity index (χ1v) is 6.85. The SMILES string of the molecule is CCC(C)Oc1ccc(N2CCC(CO)C2)cc1. The second-order valence-corrected chi connectivity index (χ2v) is 5.11. The van der Waals surface area contributed by atoms with Crippen molar-refractivity contribution in [1.29, 1.82) is 0 Å².